The van der Waals surface area contributed by atoms with Gasteiger partial charge in [-0.3, -0.25) is 4.72 Å². The van der Waals surface area contributed by atoms with Crippen molar-refractivity contribution in [3.8, 4) is 0 Å². The zero-order valence-corrected chi connectivity index (χ0v) is 15.9. The van der Waals surface area contributed by atoms with Crippen molar-refractivity contribution in [3.05, 3.63) is 52.0 Å². The van der Waals surface area contributed by atoms with E-state index in [0.717, 1.165) is 4.47 Å². The van der Waals surface area contributed by atoms with E-state index in [2.05, 4.69) is 20.7 Å². The van der Waals surface area contributed by atoms with Crippen LogP contribution >= 0.6 is 27.5 Å². The Bertz CT molecular complexity index is 822. The summed E-state index contributed by atoms with van der Waals surface area (Å²) in [6.45, 7) is 2.50. The fourth-order valence-electron chi connectivity index (χ4n) is 2.52. The maximum atomic E-state index is 12.6. The third-order valence-corrected chi connectivity index (χ3v) is 5.90. The minimum absolute atomic E-state index is 0.193. The first-order chi connectivity index (χ1) is 11.5. The van der Waals surface area contributed by atoms with Crippen molar-refractivity contribution >= 4 is 48.9 Å². The minimum Gasteiger partial charge on any atom is -0.378 e. The lowest BCUT2D eigenvalue weighted by Gasteiger charge is -2.31. The zero-order valence-electron chi connectivity index (χ0n) is 12.7. The highest BCUT2D eigenvalue weighted by atomic mass is 79.9. The van der Waals surface area contributed by atoms with E-state index >= 15 is 0 Å². The first-order valence-electron chi connectivity index (χ1n) is 7.37. The lowest BCUT2D eigenvalue weighted by molar-refractivity contribution is 0.123. The summed E-state index contributed by atoms with van der Waals surface area (Å²) in [7, 11) is -3.70. The van der Waals surface area contributed by atoms with Crippen LogP contribution in [0, 0.1) is 0 Å². The summed E-state index contributed by atoms with van der Waals surface area (Å²) in [6.07, 6.45) is 0. The Labute approximate surface area is 154 Å². The Morgan fingerprint density at radius 1 is 1.08 bits per heavy atom. The summed E-state index contributed by atoms with van der Waals surface area (Å²) in [6, 6.07) is 11.7. The van der Waals surface area contributed by atoms with Gasteiger partial charge in [0.15, 0.2) is 0 Å². The molecular formula is C16H16BrClN2O3S. The van der Waals surface area contributed by atoms with E-state index in [1.54, 1.807) is 42.5 Å². The van der Waals surface area contributed by atoms with Crippen molar-refractivity contribution in [1.29, 1.82) is 0 Å². The van der Waals surface area contributed by atoms with Crippen LogP contribution in [0.4, 0.5) is 11.4 Å². The highest BCUT2D eigenvalue weighted by molar-refractivity contribution is 9.10. The molecule has 5 nitrogen and oxygen atoms in total. The van der Waals surface area contributed by atoms with Crippen LogP contribution in [0.3, 0.4) is 0 Å². The number of halogens is 2. The van der Waals surface area contributed by atoms with E-state index in [0.29, 0.717) is 42.7 Å². The molecule has 0 aliphatic carbocycles. The van der Waals surface area contributed by atoms with Crippen molar-refractivity contribution in [2.75, 3.05) is 35.9 Å². The number of hydrogen-bond donors (Lipinski definition) is 1. The molecule has 0 unspecified atom stereocenters. The Morgan fingerprint density at radius 2 is 1.75 bits per heavy atom. The van der Waals surface area contributed by atoms with Crippen molar-refractivity contribution in [1.82, 2.24) is 0 Å². The summed E-state index contributed by atoms with van der Waals surface area (Å²) in [5.41, 5.74) is 1.15. The fourth-order valence-corrected chi connectivity index (χ4v) is 4.15. The largest absolute Gasteiger partial charge is 0.378 e. The Morgan fingerprint density at radius 3 is 2.42 bits per heavy atom. The molecule has 0 saturated carbocycles. The molecule has 0 bridgehead atoms. The van der Waals surface area contributed by atoms with Gasteiger partial charge in [0.05, 0.1) is 34.5 Å². The summed E-state index contributed by atoms with van der Waals surface area (Å²) in [5, 5.41) is 0.507. The number of para-hydroxylation sites is 1. The number of sulfonamides is 1. The molecule has 2 aromatic carbocycles. The van der Waals surface area contributed by atoms with Gasteiger partial charge in [-0.1, -0.05) is 33.6 Å². The van der Waals surface area contributed by atoms with Gasteiger partial charge in [0.2, 0.25) is 0 Å². The predicted octanol–water partition coefficient (Wildman–Crippen LogP) is 3.74. The van der Waals surface area contributed by atoms with Crippen LogP contribution in [-0.2, 0) is 14.8 Å². The molecule has 24 heavy (non-hydrogen) atoms. The Balaban J connectivity index is 1.94. The molecule has 0 spiro atoms. The molecule has 0 radical (unpaired) electrons. The molecule has 0 aromatic heterocycles. The molecule has 0 atom stereocenters. The monoisotopic (exact) mass is 430 g/mol. The SMILES string of the molecule is O=S(=O)(Nc1cccc(Cl)c1N1CCOCC1)c1ccc(Br)cc1. The average Bonchev–Trinajstić information content (AvgIpc) is 2.56. The quantitative estimate of drug-likeness (QED) is 0.801. The predicted molar refractivity (Wildman–Crippen MR) is 99.4 cm³/mol. The molecule has 8 heteroatoms. The van der Waals surface area contributed by atoms with Crippen LogP contribution in [0.25, 0.3) is 0 Å². The van der Waals surface area contributed by atoms with E-state index in [1.807, 2.05) is 4.90 Å². The van der Waals surface area contributed by atoms with Gasteiger partial charge in [-0.2, -0.15) is 0 Å². The van der Waals surface area contributed by atoms with Gasteiger partial charge in [-0.15, -0.1) is 0 Å². The lowest BCUT2D eigenvalue weighted by atomic mass is 10.2. The number of rotatable bonds is 4. The molecule has 1 heterocycles. The van der Waals surface area contributed by atoms with E-state index in [4.69, 9.17) is 16.3 Å². The van der Waals surface area contributed by atoms with Crippen molar-refractivity contribution < 1.29 is 13.2 Å². The number of hydrogen-bond acceptors (Lipinski definition) is 4. The second kappa shape index (κ2) is 7.31. The van der Waals surface area contributed by atoms with Gasteiger partial charge in [0.1, 0.15) is 0 Å². The number of anilines is 2. The standard InChI is InChI=1S/C16H16BrClN2O3S/c17-12-4-6-13(7-5-12)24(21,22)19-15-3-1-2-14(18)16(15)20-8-10-23-11-9-20/h1-7,19H,8-11H2. The van der Waals surface area contributed by atoms with Gasteiger partial charge in [0.25, 0.3) is 10.0 Å². The first-order valence-corrected chi connectivity index (χ1v) is 10.0. The second-order valence-corrected chi connectivity index (χ2v) is 8.30. The Kier molecular flexibility index (Phi) is 5.34. The molecule has 1 aliphatic rings. The highest BCUT2D eigenvalue weighted by Gasteiger charge is 2.21. The van der Waals surface area contributed by atoms with Crippen LogP contribution < -0.4 is 9.62 Å². The third kappa shape index (κ3) is 3.85. The molecule has 2 aromatic rings. The van der Waals surface area contributed by atoms with Gasteiger partial charge in [0, 0.05) is 17.6 Å². The summed E-state index contributed by atoms with van der Waals surface area (Å²) < 4.78 is 34.1. The molecule has 0 amide bonds. The average molecular weight is 432 g/mol. The lowest BCUT2D eigenvalue weighted by Crippen LogP contribution is -2.37. The number of nitrogens with zero attached hydrogens (tertiary/aromatic N) is 1. The van der Waals surface area contributed by atoms with Gasteiger partial charge in [-0.25, -0.2) is 8.42 Å². The van der Waals surface area contributed by atoms with Crippen molar-refractivity contribution in [3.63, 3.8) is 0 Å². The molecule has 1 aliphatic heterocycles. The summed E-state index contributed by atoms with van der Waals surface area (Å²) >= 11 is 9.64. The van der Waals surface area contributed by atoms with E-state index in [9.17, 15) is 8.42 Å². The minimum atomic E-state index is -3.70. The van der Waals surface area contributed by atoms with E-state index in [1.165, 1.54) is 0 Å². The maximum absolute atomic E-state index is 12.6. The van der Waals surface area contributed by atoms with Crippen LogP contribution in [0.2, 0.25) is 5.02 Å². The van der Waals surface area contributed by atoms with E-state index < -0.39 is 10.0 Å². The van der Waals surface area contributed by atoms with Crippen LogP contribution in [0.1, 0.15) is 0 Å². The maximum Gasteiger partial charge on any atom is 0.261 e. The number of ether oxygens (including phenoxy) is 1. The fraction of sp³-hybridized carbons (Fsp3) is 0.250. The second-order valence-electron chi connectivity index (χ2n) is 5.29. The normalized spacial score (nSPS) is 15.3. The van der Waals surface area contributed by atoms with Crippen molar-refractivity contribution in [2.24, 2.45) is 0 Å². The highest BCUT2D eigenvalue weighted by Crippen LogP contribution is 2.35. The number of benzene rings is 2. The van der Waals surface area contributed by atoms with E-state index in [-0.39, 0.29) is 4.90 Å². The summed E-state index contributed by atoms with van der Waals surface area (Å²) in [4.78, 5) is 2.23. The van der Waals surface area contributed by atoms with Gasteiger partial charge in [-0.05, 0) is 36.4 Å². The van der Waals surface area contributed by atoms with Crippen LogP contribution in [0.5, 0.6) is 0 Å². The molecule has 1 saturated heterocycles. The number of morpholine rings is 1. The molecule has 3 rings (SSSR count). The molecule has 1 fully saturated rings. The Hall–Kier alpha value is -1.28. The third-order valence-electron chi connectivity index (χ3n) is 3.68. The van der Waals surface area contributed by atoms with Gasteiger partial charge < -0.3 is 9.64 Å². The zero-order chi connectivity index (χ0) is 17.2. The summed E-state index contributed by atoms with van der Waals surface area (Å²) in [5.74, 6) is 0. The molecule has 1 N–H and O–H groups in total. The smallest absolute Gasteiger partial charge is 0.261 e. The number of nitrogens with one attached hydrogen (secondary N) is 1. The topological polar surface area (TPSA) is 58.6 Å². The first kappa shape index (κ1) is 17.5. The van der Waals surface area contributed by atoms with Crippen LogP contribution in [0.15, 0.2) is 51.8 Å². The van der Waals surface area contributed by atoms with Gasteiger partial charge >= 0.3 is 0 Å². The van der Waals surface area contributed by atoms with Crippen LogP contribution in [-0.4, -0.2) is 34.7 Å². The van der Waals surface area contributed by atoms with Crippen molar-refractivity contribution in [2.45, 2.75) is 4.90 Å². The molecular weight excluding hydrogens is 416 g/mol. The molecule has 128 valence electrons.